The third-order valence-electron chi connectivity index (χ3n) is 14.4. The van der Waals surface area contributed by atoms with Gasteiger partial charge in [0.2, 0.25) is 0 Å². The lowest BCUT2D eigenvalue weighted by Gasteiger charge is -2.16. The van der Waals surface area contributed by atoms with Crippen molar-refractivity contribution in [2.24, 2.45) is 0 Å². The van der Waals surface area contributed by atoms with Gasteiger partial charge in [-0.25, -0.2) is 15.0 Å². The highest BCUT2D eigenvalue weighted by atomic mass is 15.0. The Morgan fingerprint density at radius 3 is 1.18 bits per heavy atom. The molecule has 3 heterocycles. The molecule has 0 aliphatic heterocycles. The first-order valence-corrected chi connectivity index (χ1v) is 25.1. The summed E-state index contributed by atoms with van der Waals surface area (Å²) in [5.41, 5.74) is 18.9. The lowest BCUT2D eigenvalue weighted by atomic mass is 9.95. The fourth-order valence-corrected chi connectivity index (χ4v) is 10.8. The summed E-state index contributed by atoms with van der Waals surface area (Å²) in [5, 5.41) is 4.90. The van der Waals surface area contributed by atoms with E-state index in [4.69, 9.17) is 15.0 Å². The molecular weight excluding hydrogens is 899 g/mol. The molecule has 0 radical (unpaired) electrons. The van der Waals surface area contributed by atoms with E-state index in [0.717, 1.165) is 61.4 Å². The number of benzene rings is 11. The molecule has 0 bridgehead atoms. The predicted molar refractivity (Wildman–Crippen MR) is 307 cm³/mol. The van der Waals surface area contributed by atoms with Crippen molar-refractivity contribution in [3.8, 4) is 90.0 Å². The second-order valence-electron chi connectivity index (χ2n) is 18.8. The summed E-state index contributed by atoms with van der Waals surface area (Å²) in [5.74, 6) is 1.85. The maximum absolute atomic E-state index is 5.20. The van der Waals surface area contributed by atoms with E-state index in [1.54, 1.807) is 0 Å². The van der Waals surface area contributed by atoms with Gasteiger partial charge in [0.05, 0.1) is 27.8 Å². The van der Waals surface area contributed by atoms with Gasteiger partial charge in [0, 0.05) is 49.5 Å². The van der Waals surface area contributed by atoms with Crippen LogP contribution in [0, 0.1) is 0 Å². The average molecular weight is 944 g/mol. The molecule has 346 valence electrons. The standard InChI is InChI=1S/C69H45N5/c1-4-17-46(18-5-1)53-39-41-65(74-63-29-14-10-25-57(63)58-26-11-15-30-64(58)74)60(44-53)50-35-31-48(32-36-50)49-33-37-52(38-34-49)68-70-67(51-21-8-3-9-22-51)71-69(72-68)55-23-16-24-56(43-55)73-62-28-13-12-27-59(62)61-45-54(40-42-66(61)73)47-19-6-2-7-20-47/h1-45H. The molecule has 11 aromatic carbocycles. The lowest BCUT2D eigenvalue weighted by molar-refractivity contribution is 1.07. The smallest absolute Gasteiger partial charge is 0.164 e. The summed E-state index contributed by atoms with van der Waals surface area (Å²) in [4.78, 5) is 15.4. The molecule has 0 unspecified atom stereocenters. The maximum Gasteiger partial charge on any atom is 0.164 e. The van der Waals surface area contributed by atoms with Gasteiger partial charge in [0.1, 0.15) is 0 Å². The minimum absolute atomic E-state index is 0.610. The molecule has 14 rings (SSSR count). The Morgan fingerprint density at radius 2 is 0.595 bits per heavy atom. The van der Waals surface area contributed by atoms with Gasteiger partial charge < -0.3 is 9.13 Å². The van der Waals surface area contributed by atoms with Crippen molar-refractivity contribution >= 4 is 43.6 Å². The van der Waals surface area contributed by atoms with E-state index in [1.165, 1.54) is 54.8 Å². The van der Waals surface area contributed by atoms with Crippen LogP contribution in [0.4, 0.5) is 0 Å². The Morgan fingerprint density at radius 1 is 0.216 bits per heavy atom. The number of hydrogen-bond acceptors (Lipinski definition) is 3. The van der Waals surface area contributed by atoms with Crippen molar-refractivity contribution < 1.29 is 0 Å². The van der Waals surface area contributed by atoms with Gasteiger partial charge in [-0.15, -0.1) is 0 Å². The van der Waals surface area contributed by atoms with Crippen molar-refractivity contribution in [3.05, 3.63) is 273 Å². The number of nitrogens with zero attached hydrogens (tertiary/aromatic N) is 5. The summed E-state index contributed by atoms with van der Waals surface area (Å²) >= 11 is 0. The molecule has 0 aliphatic carbocycles. The first-order chi connectivity index (χ1) is 36.7. The Balaban J connectivity index is 0.823. The Bertz CT molecular complexity index is 4330. The molecule has 0 amide bonds. The topological polar surface area (TPSA) is 48.5 Å². The van der Waals surface area contributed by atoms with Crippen LogP contribution in [0.25, 0.3) is 134 Å². The van der Waals surface area contributed by atoms with E-state index in [9.17, 15) is 0 Å². The molecule has 0 aliphatic rings. The SMILES string of the molecule is c1ccc(-c2ccc(-n3c4ccccc4c4ccccc43)c(-c3ccc(-c4ccc(-c5nc(-c6ccccc6)nc(-c6cccc(-n7c8ccccc8c8cc(-c9ccccc9)ccc87)c6)n5)cc4)cc3)c2)cc1. The highest BCUT2D eigenvalue weighted by Crippen LogP contribution is 2.40. The van der Waals surface area contributed by atoms with Gasteiger partial charge in [-0.2, -0.15) is 0 Å². The third kappa shape index (κ3) is 7.54. The minimum atomic E-state index is 0.610. The summed E-state index contributed by atoms with van der Waals surface area (Å²) < 4.78 is 4.77. The van der Waals surface area contributed by atoms with Crippen LogP contribution < -0.4 is 0 Å². The summed E-state index contributed by atoms with van der Waals surface area (Å²) in [6.45, 7) is 0. The average Bonchev–Trinajstić information content (AvgIpc) is 4.00. The molecule has 0 fully saturated rings. The van der Waals surface area contributed by atoms with E-state index in [0.29, 0.717) is 17.5 Å². The van der Waals surface area contributed by atoms with Gasteiger partial charge in [-0.05, 0) is 93.5 Å². The van der Waals surface area contributed by atoms with Crippen molar-refractivity contribution in [3.63, 3.8) is 0 Å². The second-order valence-corrected chi connectivity index (χ2v) is 18.8. The van der Waals surface area contributed by atoms with E-state index >= 15 is 0 Å². The lowest BCUT2D eigenvalue weighted by Crippen LogP contribution is -2.01. The molecule has 5 nitrogen and oxygen atoms in total. The number of hydrogen-bond donors (Lipinski definition) is 0. The molecule has 74 heavy (non-hydrogen) atoms. The zero-order valence-corrected chi connectivity index (χ0v) is 40.2. The highest BCUT2D eigenvalue weighted by molar-refractivity contribution is 6.11. The van der Waals surface area contributed by atoms with E-state index < -0.39 is 0 Å². The zero-order chi connectivity index (χ0) is 49.0. The maximum atomic E-state index is 5.20. The highest BCUT2D eigenvalue weighted by Gasteiger charge is 2.19. The molecule has 0 N–H and O–H groups in total. The molecule has 0 saturated carbocycles. The van der Waals surface area contributed by atoms with Crippen LogP contribution >= 0.6 is 0 Å². The van der Waals surface area contributed by atoms with E-state index in [-0.39, 0.29) is 0 Å². The normalized spacial score (nSPS) is 11.5. The van der Waals surface area contributed by atoms with Crippen LogP contribution in [0.1, 0.15) is 0 Å². The quantitative estimate of drug-likeness (QED) is 0.145. The number of fused-ring (bicyclic) bond motifs is 6. The van der Waals surface area contributed by atoms with E-state index in [1.807, 2.05) is 18.2 Å². The number of para-hydroxylation sites is 3. The Kier molecular flexibility index (Phi) is 10.4. The fraction of sp³-hybridized carbons (Fsp3) is 0. The first kappa shape index (κ1) is 42.9. The molecule has 5 heteroatoms. The summed E-state index contributed by atoms with van der Waals surface area (Å²) in [6.07, 6.45) is 0. The zero-order valence-electron chi connectivity index (χ0n) is 40.2. The van der Waals surface area contributed by atoms with Crippen molar-refractivity contribution in [1.82, 2.24) is 24.1 Å². The van der Waals surface area contributed by atoms with Crippen molar-refractivity contribution in [2.75, 3.05) is 0 Å². The van der Waals surface area contributed by atoms with Crippen LogP contribution in [0.15, 0.2) is 273 Å². The summed E-state index contributed by atoms with van der Waals surface area (Å²) in [7, 11) is 0. The van der Waals surface area contributed by atoms with Crippen LogP contribution in [0.5, 0.6) is 0 Å². The van der Waals surface area contributed by atoms with Crippen LogP contribution in [-0.4, -0.2) is 24.1 Å². The van der Waals surface area contributed by atoms with Gasteiger partial charge in [-0.3, -0.25) is 0 Å². The van der Waals surface area contributed by atoms with Crippen LogP contribution in [0.3, 0.4) is 0 Å². The fourth-order valence-electron chi connectivity index (χ4n) is 10.8. The molecule has 0 atom stereocenters. The van der Waals surface area contributed by atoms with E-state index in [2.05, 4.69) is 264 Å². The van der Waals surface area contributed by atoms with Gasteiger partial charge in [0.25, 0.3) is 0 Å². The molecular formula is C69H45N5. The van der Waals surface area contributed by atoms with Crippen molar-refractivity contribution in [1.29, 1.82) is 0 Å². The van der Waals surface area contributed by atoms with Gasteiger partial charge in [-0.1, -0.05) is 218 Å². The summed E-state index contributed by atoms with van der Waals surface area (Å²) in [6, 6.07) is 97.2. The minimum Gasteiger partial charge on any atom is -0.309 e. The molecule has 0 saturated heterocycles. The molecule has 3 aromatic heterocycles. The molecule has 14 aromatic rings. The number of rotatable bonds is 9. The van der Waals surface area contributed by atoms with Gasteiger partial charge >= 0.3 is 0 Å². The predicted octanol–water partition coefficient (Wildman–Crippen LogP) is 17.7. The second kappa shape index (κ2) is 18.0. The Hall–Kier alpha value is -9.97. The largest absolute Gasteiger partial charge is 0.309 e. The molecule has 0 spiro atoms. The first-order valence-electron chi connectivity index (χ1n) is 25.1. The van der Waals surface area contributed by atoms with Crippen LogP contribution in [-0.2, 0) is 0 Å². The van der Waals surface area contributed by atoms with Crippen molar-refractivity contribution in [2.45, 2.75) is 0 Å². The van der Waals surface area contributed by atoms with Crippen LogP contribution in [0.2, 0.25) is 0 Å². The monoisotopic (exact) mass is 943 g/mol. The number of aromatic nitrogens is 5. The Labute approximate surface area is 428 Å². The van der Waals surface area contributed by atoms with Gasteiger partial charge in [0.15, 0.2) is 17.5 Å². The third-order valence-corrected chi connectivity index (χ3v) is 14.4.